The number of methoxy groups -OCH3 is 2. The number of ether oxygens (including phenoxy) is 4. The predicted octanol–water partition coefficient (Wildman–Crippen LogP) is 3.10. The van der Waals surface area contributed by atoms with Gasteiger partial charge in [0.1, 0.15) is 6.61 Å². The Labute approximate surface area is 189 Å². The number of halogens is 3. The van der Waals surface area contributed by atoms with Gasteiger partial charge in [-0.15, -0.1) is 0 Å². The van der Waals surface area contributed by atoms with Crippen molar-refractivity contribution < 1.29 is 47.9 Å². The maximum Gasteiger partial charge on any atom is 0.432 e. The summed E-state index contributed by atoms with van der Waals surface area (Å²) in [6.45, 7) is -2.24. The van der Waals surface area contributed by atoms with Crippen LogP contribution < -0.4 is 5.32 Å². The Morgan fingerprint density at radius 2 is 1.58 bits per heavy atom. The fourth-order valence-electron chi connectivity index (χ4n) is 2.76. The molecule has 11 heteroatoms. The first-order valence-corrected chi connectivity index (χ1v) is 9.42. The largest absolute Gasteiger partial charge is 0.466 e. The van der Waals surface area contributed by atoms with Gasteiger partial charge >= 0.3 is 24.2 Å². The van der Waals surface area contributed by atoms with Crippen LogP contribution in [-0.2, 0) is 40.7 Å². The number of hydrogen-bond donors (Lipinski definition) is 1. The summed E-state index contributed by atoms with van der Waals surface area (Å²) in [5.41, 5.74) is -3.60. The van der Waals surface area contributed by atoms with Crippen LogP contribution in [0.25, 0.3) is 0 Å². The van der Waals surface area contributed by atoms with Gasteiger partial charge in [0.25, 0.3) is 5.60 Å². The van der Waals surface area contributed by atoms with Gasteiger partial charge in [0, 0.05) is 12.7 Å². The zero-order chi connectivity index (χ0) is 25.4. The summed E-state index contributed by atoms with van der Waals surface area (Å²) in [5, 5.41) is 1.92. The second kappa shape index (κ2) is 11.3. The number of rotatable bonds is 9. The smallest absolute Gasteiger partial charge is 0.432 e. The molecule has 0 fully saturated rings. The van der Waals surface area contributed by atoms with E-state index in [1.807, 2.05) is 5.32 Å². The molecule has 0 spiro atoms. The van der Waals surface area contributed by atoms with Gasteiger partial charge < -0.3 is 24.3 Å². The molecule has 0 aromatic heterocycles. The number of amides is 1. The highest BCUT2D eigenvalue weighted by molar-refractivity contribution is 5.86. The molecule has 0 unspecified atom stereocenters. The van der Waals surface area contributed by atoms with Crippen molar-refractivity contribution in [1.29, 1.82) is 0 Å². The summed E-state index contributed by atoms with van der Waals surface area (Å²) >= 11 is 0. The molecule has 0 bridgehead atoms. The van der Waals surface area contributed by atoms with Crippen LogP contribution in [0.3, 0.4) is 0 Å². The van der Waals surface area contributed by atoms with Crippen molar-refractivity contribution in [2.24, 2.45) is 0 Å². The molecule has 1 amide bonds. The van der Waals surface area contributed by atoms with Gasteiger partial charge in [-0.05, 0) is 5.56 Å². The van der Waals surface area contributed by atoms with Gasteiger partial charge in [0.05, 0.1) is 15.0 Å². The summed E-state index contributed by atoms with van der Waals surface area (Å²) in [5.74, 6) is -3.40. The molecule has 8 nitrogen and oxygen atoms in total. The number of esters is 2. The third-order valence-electron chi connectivity index (χ3n) is 4.41. The van der Waals surface area contributed by atoms with Gasteiger partial charge in [-0.1, -0.05) is 60.7 Å². The average molecular weight is 470 g/mol. The number of benzene rings is 2. The zero-order valence-corrected chi connectivity index (χ0v) is 17.6. The molecular formula is C22H22F3NO7. The van der Waals surface area contributed by atoms with E-state index in [4.69, 9.17) is 10.8 Å². The Morgan fingerprint density at radius 1 is 1.00 bits per heavy atom. The van der Waals surface area contributed by atoms with Crippen LogP contribution in [0.15, 0.2) is 60.7 Å². The molecule has 0 aliphatic heterocycles. The Balaban J connectivity index is 2.22. The van der Waals surface area contributed by atoms with Crippen LogP contribution in [0.1, 0.15) is 12.5 Å². The van der Waals surface area contributed by atoms with Crippen molar-refractivity contribution >= 4 is 18.0 Å². The van der Waals surface area contributed by atoms with Crippen LogP contribution in [0.4, 0.5) is 18.0 Å². The third kappa shape index (κ3) is 6.22. The monoisotopic (exact) mass is 470 g/mol. The van der Waals surface area contributed by atoms with Crippen molar-refractivity contribution in [2.45, 2.75) is 24.5 Å². The lowest BCUT2D eigenvalue weighted by Crippen LogP contribution is -2.54. The lowest BCUT2D eigenvalue weighted by Gasteiger charge is -2.33. The lowest BCUT2D eigenvalue weighted by atomic mass is 9.92. The standard InChI is InChI=1S/C22H22F3NO7/c1-30-18(27)17(13-26-20(29)32-14-15-9-5-3-6-10-15)33-19(28)21(31-2,22(23,24)25)16-11-7-4-8-12-16/h3-12,17H,13-14H2,1-2H3,(H,26,29)/t17-,21+/m0/s1/i13D/t13-,17-,21+. The number of carbonyl (C=O) groups is 3. The SMILES string of the molecule is [2H][C@H](NC(=O)OCc1ccccc1)[C@H](OC(=O)[C@](OC)(c1ccccc1)C(F)(F)F)C(=O)OC. The van der Waals surface area contributed by atoms with E-state index < -0.39 is 48.0 Å². The Bertz CT molecular complexity index is 975. The molecule has 2 aromatic carbocycles. The molecule has 0 saturated heterocycles. The highest BCUT2D eigenvalue weighted by atomic mass is 19.4. The molecule has 3 atom stereocenters. The zero-order valence-electron chi connectivity index (χ0n) is 18.6. The van der Waals surface area contributed by atoms with Gasteiger partial charge in [0.15, 0.2) is 0 Å². The Kier molecular flexibility index (Phi) is 8.25. The molecule has 33 heavy (non-hydrogen) atoms. The maximum absolute atomic E-state index is 14.0. The summed E-state index contributed by atoms with van der Waals surface area (Å²) in [4.78, 5) is 36.9. The number of carbonyl (C=O) groups excluding carboxylic acids is 3. The minimum atomic E-state index is -5.31. The summed E-state index contributed by atoms with van der Waals surface area (Å²) < 4.78 is 68.8. The van der Waals surface area contributed by atoms with Gasteiger partial charge in [-0.3, -0.25) is 0 Å². The Hall–Kier alpha value is -3.60. The first kappa shape index (κ1) is 24.1. The molecule has 0 aliphatic carbocycles. The molecule has 2 rings (SSSR count). The fourth-order valence-corrected chi connectivity index (χ4v) is 2.76. The molecule has 0 aliphatic rings. The number of hydrogen-bond acceptors (Lipinski definition) is 7. The van der Waals surface area contributed by atoms with E-state index in [0.717, 1.165) is 19.2 Å². The minimum Gasteiger partial charge on any atom is -0.466 e. The lowest BCUT2D eigenvalue weighted by molar-refractivity contribution is -0.278. The second-order valence-electron chi connectivity index (χ2n) is 6.47. The fraction of sp³-hybridized carbons (Fsp3) is 0.318. The third-order valence-corrected chi connectivity index (χ3v) is 4.41. The number of alkyl carbamates (subject to hydrolysis) is 1. The highest BCUT2D eigenvalue weighted by Gasteiger charge is 2.64. The predicted molar refractivity (Wildman–Crippen MR) is 108 cm³/mol. The average Bonchev–Trinajstić information content (AvgIpc) is 2.82. The van der Waals surface area contributed by atoms with Crippen LogP contribution in [0.5, 0.6) is 0 Å². The van der Waals surface area contributed by atoms with E-state index >= 15 is 0 Å². The molecular weight excluding hydrogens is 447 g/mol. The van der Waals surface area contributed by atoms with Gasteiger partial charge in [-0.25, -0.2) is 14.4 Å². The van der Waals surface area contributed by atoms with Crippen LogP contribution >= 0.6 is 0 Å². The van der Waals surface area contributed by atoms with Crippen molar-refractivity contribution in [1.82, 2.24) is 5.32 Å². The van der Waals surface area contributed by atoms with Crippen LogP contribution in [0, 0.1) is 0 Å². The topological polar surface area (TPSA) is 100 Å². The molecule has 0 heterocycles. The summed E-state index contributed by atoms with van der Waals surface area (Å²) in [6, 6.07) is 14.4. The highest BCUT2D eigenvalue weighted by Crippen LogP contribution is 2.43. The van der Waals surface area contributed by atoms with Crippen molar-refractivity contribution in [3.05, 3.63) is 71.8 Å². The van der Waals surface area contributed by atoms with Crippen molar-refractivity contribution in [2.75, 3.05) is 20.7 Å². The van der Waals surface area contributed by atoms with E-state index in [1.165, 1.54) is 18.2 Å². The maximum atomic E-state index is 14.0. The van der Waals surface area contributed by atoms with Crippen LogP contribution in [0.2, 0.25) is 0 Å². The van der Waals surface area contributed by atoms with E-state index in [-0.39, 0.29) is 6.61 Å². The normalized spacial score (nSPS) is 15.2. The van der Waals surface area contributed by atoms with E-state index in [0.29, 0.717) is 12.7 Å². The van der Waals surface area contributed by atoms with Gasteiger partial charge in [0.2, 0.25) is 6.10 Å². The molecule has 0 radical (unpaired) electrons. The van der Waals surface area contributed by atoms with E-state index in [2.05, 4.69) is 9.47 Å². The Morgan fingerprint density at radius 3 is 2.09 bits per heavy atom. The van der Waals surface area contributed by atoms with Gasteiger partial charge in [-0.2, -0.15) is 13.2 Å². The summed E-state index contributed by atoms with van der Waals surface area (Å²) in [6.07, 6.45) is -8.74. The summed E-state index contributed by atoms with van der Waals surface area (Å²) in [7, 11) is 1.51. The molecule has 178 valence electrons. The van der Waals surface area contributed by atoms with E-state index in [1.54, 1.807) is 30.3 Å². The quantitative estimate of drug-likeness (QED) is 0.444. The second-order valence-corrected chi connectivity index (χ2v) is 6.47. The van der Waals surface area contributed by atoms with Crippen molar-refractivity contribution in [3.63, 3.8) is 0 Å². The minimum absolute atomic E-state index is 0.184. The first-order valence-electron chi connectivity index (χ1n) is 10.00. The number of nitrogens with one attached hydrogen (secondary N) is 1. The molecule has 0 saturated carbocycles. The number of alkyl halides is 3. The molecule has 1 N–H and O–H groups in total. The molecule has 2 aromatic rings. The van der Waals surface area contributed by atoms with Crippen LogP contribution in [-0.4, -0.2) is 51.1 Å². The van der Waals surface area contributed by atoms with E-state index in [9.17, 15) is 27.6 Å². The first-order chi connectivity index (χ1) is 16.1. The van der Waals surface area contributed by atoms with Crippen molar-refractivity contribution in [3.8, 4) is 0 Å².